The second-order valence-corrected chi connectivity index (χ2v) is 8.10. The van der Waals surface area contributed by atoms with Crippen LogP contribution < -0.4 is 21.8 Å². The second kappa shape index (κ2) is 6.16. The molecule has 0 radical (unpaired) electrons. The van der Waals surface area contributed by atoms with Crippen molar-refractivity contribution in [1.29, 1.82) is 0 Å². The van der Waals surface area contributed by atoms with Gasteiger partial charge in [0.25, 0.3) is 0 Å². The van der Waals surface area contributed by atoms with E-state index < -0.39 is 15.4 Å². The molecule has 0 aliphatic heterocycles. The van der Waals surface area contributed by atoms with Crippen molar-refractivity contribution >= 4 is 63.1 Å². The minimum atomic E-state index is -1.05. The Bertz CT molecular complexity index is 944. The van der Waals surface area contributed by atoms with Gasteiger partial charge in [-0.15, -0.1) is 23.2 Å². The maximum Gasteiger partial charge on any atom is 0.336 e. The van der Waals surface area contributed by atoms with Gasteiger partial charge in [0.2, 0.25) is 5.91 Å². The fourth-order valence-electron chi connectivity index (χ4n) is 2.46. The largest absolute Gasteiger partial charge is 0.423 e. The first-order chi connectivity index (χ1) is 11.6. The van der Waals surface area contributed by atoms with Gasteiger partial charge in [-0.1, -0.05) is 0 Å². The van der Waals surface area contributed by atoms with E-state index in [2.05, 4.69) is 16.2 Å². The highest BCUT2D eigenvalue weighted by Crippen LogP contribution is 2.63. The third kappa shape index (κ3) is 3.44. The standard InChI is InChI=1S/C16H15Cl2N3O3S/c1-8-5-12(22)24-11-6-9(3-4-10(8)11)19-14(25)21-20-13(23)15(2)7-16(15,17)18/h3-6H,7H2,1-2H3,(H,20,23)(H2,19,21,25). The van der Waals surface area contributed by atoms with E-state index in [0.717, 1.165) is 10.9 Å². The van der Waals surface area contributed by atoms with Gasteiger partial charge >= 0.3 is 5.63 Å². The van der Waals surface area contributed by atoms with E-state index >= 15 is 0 Å². The number of hydrogen-bond acceptors (Lipinski definition) is 4. The molecule has 1 unspecified atom stereocenters. The van der Waals surface area contributed by atoms with Gasteiger partial charge in [0.05, 0.1) is 5.41 Å². The average molecular weight is 400 g/mol. The molecule has 1 aliphatic carbocycles. The number of nitrogens with one attached hydrogen (secondary N) is 3. The summed E-state index contributed by atoms with van der Waals surface area (Å²) in [5, 5.41) is 3.90. The molecule has 1 fully saturated rings. The number of hydrogen-bond donors (Lipinski definition) is 3. The van der Waals surface area contributed by atoms with Gasteiger partial charge in [0.1, 0.15) is 9.92 Å². The fourth-order valence-corrected chi connectivity index (χ4v) is 3.34. The lowest BCUT2D eigenvalue weighted by atomic mass is 10.1. The second-order valence-electron chi connectivity index (χ2n) is 6.21. The minimum absolute atomic E-state index is 0.168. The van der Waals surface area contributed by atoms with Crippen LogP contribution in [0.3, 0.4) is 0 Å². The first-order valence-corrected chi connectivity index (χ1v) is 8.59. The first-order valence-electron chi connectivity index (χ1n) is 7.42. The predicted octanol–water partition coefficient (Wildman–Crippen LogP) is 3.00. The number of anilines is 1. The van der Waals surface area contributed by atoms with Gasteiger partial charge in [-0.2, -0.15) is 0 Å². The zero-order valence-electron chi connectivity index (χ0n) is 13.4. The van der Waals surface area contributed by atoms with Gasteiger partial charge < -0.3 is 9.73 Å². The Morgan fingerprint density at radius 3 is 2.60 bits per heavy atom. The number of carbonyl (C=O) groups excluding carboxylic acids is 1. The van der Waals surface area contributed by atoms with Crippen LogP contribution in [0.4, 0.5) is 5.69 Å². The molecule has 25 heavy (non-hydrogen) atoms. The number of amides is 1. The highest BCUT2D eigenvalue weighted by Gasteiger charge is 2.68. The lowest BCUT2D eigenvalue weighted by molar-refractivity contribution is -0.126. The summed E-state index contributed by atoms with van der Waals surface area (Å²) in [6.45, 7) is 3.51. The van der Waals surface area contributed by atoms with E-state index in [-0.39, 0.29) is 11.0 Å². The van der Waals surface area contributed by atoms with E-state index in [0.29, 0.717) is 17.7 Å². The molecule has 0 saturated heterocycles. The van der Waals surface area contributed by atoms with Crippen molar-refractivity contribution in [3.63, 3.8) is 0 Å². The maximum atomic E-state index is 12.1. The van der Waals surface area contributed by atoms with E-state index in [9.17, 15) is 9.59 Å². The van der Waals surface area contributed by atoms with Gasteiger partial charge in [-0.3, -0.25) is 15.6 Å². The summed E-state index contributed by atoms with van der Waals surface area (Å²) in [6, 6.07) is 6.70. The molecule has 132 valence electrons. The summed E-state index contributed by atoms with van der Waals surface area (Å²) >= 11 is 17.1. The average Bonchev–Trinajstić information content (AvgIpc) is 3.04. The van der Waals surface area contributed by atoms with E-state index in [1.54, 1.807) is 19.1 Å². The van der Waals surface area contributed by atoms with Crippen LogP contribution in [0.15, 0.2) is 33.5 Å². The lowest BCUT2D eigenvalue weighted by Crippen LogP contribution is -2.47. The molecule has 9 heteroatoms. The van der Waals surface area contributed by atoms with Crippen LogP contribution in [0.2, 0.25) is 0 Å². The van der Waals surface area contributed by atoms with Crippen molar-refractivity contribution in [2.75, 3.05) is 5.32 Å². The first kappa shape index (κ1) is 18.0. The highest BCUT2D eigenvalue weighted by atomic mass is 35.5. The monoisotopic (exact) mass is 399 g/mol. The number of rotatable bonds is 2. The molecule has 3 N–H and O–H groups in total. The lowest BCUT2D eigenvalue weighted by Gasteiger charge is -2.15. The SMILES string of the molecule is Cc1cc(=O)oc2cc(NC(=S)NNC(=O)C3(C)CC3(Cl)Cl)ccc12. The smallest absolute Gasteiger partial charge is 0.336 e. The number of benzene rings is 1. The molecule has 6 nitrogen and oxygen atoms in total. The summed E-state index contributed by atoms with van der Waals surface area (Å²) in [6.07, 6.45) is 0.375. The van der Waals surface area contributed by atoms with Gasteiger partial charge in [0, 0.05) is 23.2 Å². The van der Waals surface area contributed by atoms with Crippen LogP contribution >= 0.6 is 35.4 Å². The summed E-state index contributed by atoms with van der Waals surface area (Å²) in [5.74, 6) is -0.346. The Labute approximate surface area is 158 Å². The van der Waals surface area contributed by atoms with Crippen molar-refractivity contribution in [1.82, 2.24) is 10.9 Å². The van der Waals surface area contributed by atoms with Crippen molar-refractivity contribution in [2.45, 2.75) is 24.6 Å². The molecular formula is C16H15Cl2N3O3S. The number of thiocarbonyl (C=S) groups is 1. The van der Waals surface area contributed by atoms with Crippen molar-refractivity contribution < 1.29 is 9.21 Å². The summed E-state index contributed by atoms with van der Waals surface area (Å²) in [5.41, 5.74) is 5.70. The molecule has 3 rings (SSSR count). The Morgan fingerprint density at radius 2 is 1.96 bits per heavy atom. The van der Waals surface area contributed by atoms with Crippen molar-refractivity contribution in [2.24, 2.45) is 5.41 Å². The zero-order valence-corrected chi connectivity index (χ0v) is 15.7. The minimum Gasteiger partial charge on any atom is -0.423 e. The Kier molecular flexibility index (Phi) is 4.43. The fraction of sp³-hybridized carbons (Fsp3) is 0.312. The third-order valence-electron chi connectivity index (χ3n) is 4.26. The number of halogens is 2. The molecule has 1 saturated carbocycles. The Balaban J connectivity index is 1.64. The molecular weight excluding hydrogens is 385 g/mol. The van der Waals surface area contributed by atoms with Crippen LogP contribution in [-0.2, 0) is 4.79 Å². The number of carbonyl (C=O) groups is 1. The van der Waals surface area contributed by atoms with Crippen molar-refractivity contribution in [3.05, 3.63) is 40.2 Å². The number of hydrazine groups is 1. The predicted molar refractivity (Wildman–Crippen MR) is 102 cm³/mol. The highest BCUT2D eigenvalue weighted by molar-refractivity contribution is 7.80. The normalized spacial score (nSPS) is 20.8. The van der Waals surface area contributed by atoms with Gasteiger partial charge in [-0.05, 0) is 50.2 Å². The van der Waals surface area contributed by atoms with Crippen LogP contribution in [0.1, 0.15) is 18.9 Å². The van der Waals surface area contributed by atoms with Crippen LogP contribution in [0, 0.1) is 12.3 Å². The zero-order chi connectivity index (χ0) is 18.4. The van der Waals surface area contributed by atoms with Gasteiger partial charge in [-0.25, -0.2) is 4.79 Å². The summed E-state index contributed by atoms with van der Waals surface area (Å²) in [7, 11) is 0. The molecule has 0 spiro atoms. The number of fused-ring (bicyclic) bond motifs is 1. The van der Waals surface area contributed by atoms with Crippen LogP contribution in [0.25, 0.3) is 11.0 Å². The topological polar surface area (TPSA) is 83.4 Å². The van der Waals surface area contributed by atoms with E-state index in [1.165, 1.54) is 6.07 Å². The molecule has 1 amide bonds. The van der Waals surface area contributed by atoms with E-state index in [1.807, 2.05) is 13.0 Å². The van der Waals surface area contributed by atoms with Crippen LogP contribution in [0.5, 0.6) is 0 Å². The van der Waals surface area contributed by atoms with Crippen molar-refractivity contribution in [3.8, 4) is 0 Å². The van der Waals surface area contributed by atoms with E-state index in [4.69, 9.17) is 39.8 Å². The Hall–Kier alpha value is -1.83. The molecule has 2 aromatic rings. The van der Waals surface area contributed by atoms with Gasteiger partial charge in [0.15, 0.2) is 5.11 Å². The quantitative estimate of drug-likeness (QED) is 0.311. The Morgan fingerprint density at radius 1 is 1.28 bits per heavy atom. The molecule has 1 atom stereocenters. The molecule has 0 bridgehead atoms. The number of aryl methyl sites for hydroxylation is 1. The number of alkyl halides is 2. The third-order valence-corrected chi connectivity index (χ3v) is 5.56. The van der Waals surface area contributed by atoms with Crippen LogP contribution in [-0.4, -0.2) is 15.4 Å². The molecule has 1 aromatic carbocycles. The summed E-state index contributed by atoms with van der Waals surface area (Å²) in [4.78, 5) is 23.5. The molecule has 1 heterocycles. The molecule has 1 aliphatic rings. The molecule has 1 aromatic heterocycles. The summed E-state index contributed by atoms with van der Waals surface area (Å²) < 4.78 is 4.13. The maximum absolute atomic E-state index is 12.1.